The van der Waals surface area contributed by atoms with Crippen LogP contribution in [0.25, 0.3) is 0 Å². The third-order valence-corrected chi connectivity index (χ3v) is 4.39. The normalized spacial score (nSPS) is 15.2. The molecule has 1 fully saturated rings. The van der Waals surface area contributed by atoms with Crippen molar-refractivity contribution in [2.24, 2.45) is 5.41 Å². The molecule has 0 aromatic heterocycles. The molecule has 26 heavy (non-hydrogen) atoms. The fourth-order valence-electron chi connectivity index (χ4n) is 2.85. The van der Waals surface area contributed by atoms with Gasteiger partial charge in [0, 0.05) is 13.1 Å². The third kappa shape index (κ3) is 4.21. The van der Waals surface area contributed by atoms with E-state index < -0.39 is 17.5 Å². The minimum Gasteiger partial charge on any atom is -0.481 e. The topological polar surface area (TPSA) is 76.1 Å². The molecule has 0 saturated carbocycles. The van der Waals surface area contributed by atoms with Crippen LogP contribution in [0.2, 0.25) is 0 Å². The number of carbonyl (C=O) groups is 2. The number of benzene rings is 2. The summed E-state index contributed by atoms with van der Waals surface area (Å²) in [6.45, 7) is 0.740. The van der Waals surface area contributed by atoms with Crippen molar-refractivity contribution in [2.75, 3.05) is 19.7 Å². The first-order valence-electron chi connectivity index (χ1n) is 8.40. The van der Waals surface area contributed by atoms with Crippen molar-refractivity contribution in [1.82, 2.24) is 4.90 Å². The van der Waals surface area contributed by atoms with E-state index in [1.807, 2.05) is 60.7 Å². The van der Waals surface area contributed by atoms with E-state index in [1.165, 1.54) is 4.90 Å². The summed E-state index contributed by atoms with van der Waals surface area (Å²) in [5.41, 5.74) is 0.796. The van der Waals surface area contributed by atoms with E-state index in [0.29, 0.717) is 6.61 Å². The van der Waals surface area contributed by atoms with Gasteiger partial charge in [0.1, 0.15) is 12.0 Å². The maximum atomic E-state index is 12.1. The van der Waals surface area contributed by atoms with Crippen LogP contribution in [0.5, 0.6) is 0 Å². The Morgan fingerprint density at radius 1 is 0.923 bits per heavy atom. The van der Waals surface area contributed by atoms with Crippen molar-refractivity contribution < 1.29 is 24.2 Å². The highest BCUT2D eigenvalue weighted by atomic mass is 16.6. The Bertz CT molecular complexity index is 741. The first-order valence-corrected chi connectivity index (χ1v) is 8.40. The molecule has 0 aliphatic carbocycles. The molecule has 1 N–H and O–H groups in total. The molecular weight excluding hydrogens is 334 g/mol. The summed E-state index contributed by atoms with van der Waals surface area (Å²) in [6, 6.07) is 18.9. The summed E-state index contributed by atoms with van der Waals surface area (Å²) in [6.07, 6.45) is -0.506. The number of carbonyl (C=O) groups excluding carboxylic acids is 1. The van der Waals surface area contributed by atoms with E-state index in [-0.39, 0.29) is 26.3 Å². The molecule has 2 aromatic carbocycles. The van der Waals surface area contributed by atoms with Gasteiger partial charge in [-0.3, -0.25) is 4.79 Å². The van der Waals surface area contributed by atoms with Crippen LogP contribution in [0.4, 0.5) is 4.79 Å². The molecule has 1 heterocycles. The van der Waals surface area contributed by atoms with Gasteiger partial charge in [0.15, 0.2) is 0 Å². The Kier molecular flexibility index (Phi) is 5.53. The zero-order valence-corrected chi connectivity index (χ0v) is 14.3. The molecule has 0 atom stereocenters. The average Bonchev–Trinajstić information content (AvgIpc) is 2.63. The van der Waals surface area contributed by atoms with Gasteiger partial charge in [-0.15, -0.1) is 0 Å². The summed E-state index contributed by atoms with van der Waals surface area (Å²) in [4.78, 5) is 25.1. The van der Waals surface area contributed by atoms with Gasteiger partial charge >= 0.3 is 12.1 Å². The fraction of sp³-hybridized carbons (Fsp3) is 0.300. The average molecular weight is 355 g/mol. The SMILES string of the molecule is O=C(OCc1ccccc1)N1CC(COCc2ccccc2)(C(=O)O)C1. The van der Waals surface area contributed by atoms with Crippen molar-refractivity contribution in [3.05, 3.63) is 71.8 Å². The van der Waals surface area contributed by atoms with Gasteiger partial charge < -0.3 is 19.5 Å². The lowest BCUT2D eigenvalue weighted by atomic mass is 9.81. The monoisotopic (exact) mass is 355 g/mol. The zero-order valence-electron chi connectivity index (χ0n) is 14.3. The lowest BCUT2D eigenvalue weighted by Crippen LogP contribution is -2.64. The molecule has 0 bridgehead atoms. The lowest BCUT2D eigenvalue weighted by molar-refractivity contribution is -0.166. The summed E-state index contributed by atoms with van der Waals surface area (Å²) in [7, 11) is 0. The molecule has 6 nitrogen and oxygen atoms in total. The lowest BCUT2D eigenvalue weighted by Gasteiger charge is -2.45. The standard InChI is InChI=1S/C20H21NO5/c22-18(23)20(15-25-11-16-7-3-1-4-8-16)13-21(14-20)19(24)26-12-17-9-5-2-6-10-17/h1-10H,11-15H2,(H,22,23). The number of nitrogens with zero attached hydrogens (tertiary/aromatic N) is 1. The second kappa shape index (κ2) is 8.01. The van der Waals surface area contributed by atoms with Crippen LogP contribution in [0.3, 0.4) is 0 Å². The van der Waals surface area contributed by atoms with E-state index >= 15 is 0 Å². The number of rotatable bonds is 7. The molecule has 1 aliphatic heterocycles. The smallest absolute Gasteiger partial charge is 0.410 e. The largest absolute Gasteiger partial charge is 0.481 e. The van der Waals surface area contributed by atoms with E-state index in [0.717, 1.165) is 11.1 Å². The molecule has 1 amide bonds. The van der Waals surface area contributed by atoms with Crippen LogP contribution in [0, 0.1) is 5.41 Å². The van der Waals surface area contributed by atoms with Gasteiger partial charge in [-0.25, -0.2) is 4.79 Å². The van der Waals surface area contributed by atoms with Crippen LogP contribution in [0.15, 0.2) is 60.7 Å². The predicted octanol–water partition coefficient (Wildman–Crippen LogP) is 2.93. The summed E-state index contributed by atoms with van der Waals surface area (Å²) >= 11 is 0. The van der Waals surface area contributed by atoms with Gasteiger partial charge in [-0.2, -0.15) is 0 Å². The van der Waals surface area contributed by atoms with Crippen LogP contribution in [-0.2, 0) is 27.5 Å². The van der Waals surface area contributed by atoms with E-state index in [1.54, 1.807) is 0 Å². The number of hydrogen-bond donors (Lipinski definition) is 1. The quantitative estimate of drug-likeness (QED) is 0.826. The van der Waals surface area contributed by atoms with Crippen LogP contribution in [0.1, 0.15) is 11.1 Å². The zero-order chi connectivity index (χ0) is 18.4. The number of hydrogen-bond acceptors (Lipinski definition) is 4. The highest BCUT2D eigenvalue weighted by Crippen LogP contribution is 2.32. The van der Waals surface area contributed by atoms with Crippen LogP contribution >= 0.6 is 0 Å². The molecule has 0 unspecified atom stereocenters. The van der Waals surface area contributed by atoms with Crippen molar-refractivity contribution in [3.63, 3.8) is 0 Å². The highest BCUT2D eigenvalue weighted by molar-refractivity contribution is 5.80. The summed E-state index contributed by atoms with van der Waals surface area (Å²) in [5, 5.41) is 9.53. The summed E-state index contributed by atoms with van der Waals surface area (Å²) < 4.78 is 10.8. The van der Waals surface area contributed by atoms with Crippen molar-refractivity contribution in [1.29, 1.82) is 0 Å². The number of likely N-dealkylation sites (tertiary alicyclic amines) is 1. The minimum absolute atomic E-state index is 0.0553. The highest BCUT2D eigenvalue weighted by Gasteiger charge is 2.52. The second-order valence-electron chi connectivity index (χ2n) is 6.46. The van der Waals surface area contributed by atoms with Crippen molar-refractivity contribution in [3.8, 4) is 0 Å². The van der Waals surface area contributed by atoms with Gasteiger partial charge in [-0.05, 0) is 11.1 Å². The Hall–Kier alpha value is -2.86. The molecule has 3 rings (SSSR count). The molecular formula is C20H21NO5. The number of aliphatic carboxylic acids is 1. The van der Waals surface area contributed by atoms with Gasteiger partial charge in [0.25, 0.3) is 0 Å². The first kappa shape index (κ1) is 17.9. The van der Waals surface area contributed by atoms with Gasteiger partial charge in [0.05, 0.1) is 13.2 Å². The molecule has 1 saturated heterocycles. The van der Waals surface area contributed by atoms with Gasteiger partial charge in [0.2, 0.25) is 0 Å². The molecule has 2 aromatic rings. The fourth-order valence-corrected chi connectivity index (χ4v) is 2.85. The van der Waals surface area contributed by atoms with Crippen LogP contribution < -0.4 is 0 Å². The van der Waals surface area contributed by atoms with Crippen molar-refractivity contribution >= 4 is 12.1 Å². The number of amides is 1. The van der Waals surface area contributed by atoms with E-state index in [9.17, 15) is 14.7 Å². The maximum Gasteiger partial charge on any atom is 0.410 e. The Morgan fingerprint density at radius 3 is 2.00 bits per heavy atom. The molecule has 1 aliphatic rings. The van der Waals surface area contributed by atoms with Crippen molar-refractivity contribution in [2.45, 2.75) is 13.2 Å². The molecule has 0 spiro atoms. The number of carboxylic acids is 1. The number of carboxylic acid groups (broad SMARTS) is 1. The molecule has 0 radical (unpaired) electrons. The Balaban J connectivity index is 1.47. The Morgan fingerprint density at radius 2 is 1.46 bits per heavy atom. The van der Waals surface area contributed by atoms with E-state index in [2.05, 4.69) is 0 Å². The minimum atomic E-state index is -1.07. The molecule has 136 valence electrons. The maximum absolute atomic E-state index is 12.1. The first-order chi connectivity index (χ1) is 12.6. The predicted molar refractivity (Wildman–Crippen MR) is 94.4 cm³/mol. The van der Waals surface area contributed by atoms with Gasteiger partial charge in [-0.1, -0.05) is 60.7 Å². The Labute approximate surface area is 152 Å². The molecule has 6 heteroatoms. The van der Waals surface area contributed by atoms with E-state index in [4.69, 9.17) is 9.47 Å². The number of ether oxygens (including phenoxy) is 2. The second-order valence-corrected chi connectivity index (χ2v) is 6.46. The third-order valence-electron chi connectivity index (χ3n) is 4.39. The van der Waals surface area contributed by atoms with Crippen LogP contribution in [-0.4, -0.2) is 41.8 Å². The summed E-state index contributed by atoms with van der Waals surface area (Å²) in [5.74, 6) is -0.960.